The van der Waals surface area contributed by atoms with E-state index < -0.39 is 6.67 Å². The fourth-order valence-electron chi connectivity index (χ4n) is 2.63. The first-order valence-corrected chi connectivity index (χ1v) is 9.58. The highest BCUT2D eigenvalue weighted by atomic mass is 32.1. The molecule has 3 heterocycles. The molecule has 0 amide bonds. The molecule has 1 aromatic carbocycles. The van der Waals surface area contributed by atoms with Gasteiger partial charge in [0.25, 0.3) is 5.19 Å². The van der Waals surface area contributed by atoms with Gasteiger partial charge in [0.2, 0.25) is 5.95 Å². The summed E-state index contributed by atoms with van der Waals surface area (Å²) in [4.78, 5) is 20.7. The summed E-state index contributed by atoms with van der Waals surface area (Å²) in [5.41, 5.74) is 2.77. The van der Waals surface area contributed by atoms with Gasteiger partial charge in [0.1, 0.15) is 18.8 Å². The third kappa shape index (κ3) is 3.96. The maximum absolute atomic E-state index is 12.3. The number of nitrogens with one attached hydrogen (secondary N) is 3. The van der Waals surface area contributed by atoms with Crippen molar-refractivity contribution >= 4 is 50.2 Å². The van der Waals surface area contributed by atoms with E-state index in [2.05, 4.69) is 56.3 Å². The summed E-state index contributed by atoms with van der Waals surface area (Å²) in [6.07, 6.45) is 1.60. The SMILES string of the molecule is CC(C)(C)Nc1nc(Nc2ccc3nc(OCCF)sc3c2)nc2nc[nH]c12. The van der Waals surface area contributed by atoms with Crippen molar-refractivity contribution in [3.05, 3.63) is 24.5 Å². The van der Waals surface area contributed by atoms with Crippen molar-refractivity contribution in [3.8, 4) is 5.19 Å². The number of fused-ring (bicyclic) bond motifs is 2. The van der Waals surface area contributed by atoms with Gasteiger partial charge in [0, 0.05) is 11.2 Å². The molecule has 0 atom stereocenters. The van der Waals surface area contributed by atoms with Gasteiger partial charge in [-0.15, -0.1) is 0 Å². The molecule has 0 saturated heterocycles. The molecule has 0 saturated carbocycles. The van der Waals surface area contributed by atoms with Crippen molar-refractivity contribution in [2.45, 2.75) is 26.3 Å². The molecule has 3 aromatic heterocycles. The molecule has 10 heteroatoms. The minimum atomic E-state index is -0.541. The first-order chi connectivity index (χ1) is 13.4. The highest BCUT2D eigenvalue weighted by Crippen LogP contribution is 2.31. The number of aromatic nitrogens is 5. The Morgan fingerprint density at radius 2 is 2.07 bits per heavy atom. The van der Waals surface area contributed by atoms with E-state index in [0.29, 0.717) is 22.6 Å². The monoisotopic (exact) mass is 401 g/mol. The van der Waals surface area contributed by atoms with E-state index in [9.17, 15) is 4.39 Å². The van der Waals surface area contributed by atoms with Crippen LogP contribution < -0.4 is 15.4 Å². The molecule has 0 aliphatic carbocycles. The highest BCUT2D eigenvalue weighted by molar-refractivity contribution is 7.20. The molecule has 0 bridgehead atoms. The largest absolute Gasteiger partial charge is 0.467 e. The van der Waals surface area contributed by atoms with Crippen LogP contribution in [0.1, 0.15) is 20.8 Å². The van der Waals surface area contributed by atoms with Crippen LogP contribution in [0.4, 0.5) is 21.8 Å². The Labute approximate surface area is 164 Å². The molecule has 0 radical (unpaired) electrons. The Kier molecular flexibility index (Phi) is 4.71. The van der Waals surface area contributed by atoms with Crippen molar-refractivity contribution < 1.29 is 9.13 Å². The second-order valence-corrected chi connectivity index (χ2v) is 8.19. The number of hydrogen-bond acceptors (Lipinski definition) is 8. The molecule has 0 aliphatic heterocycles. The highest BCUT2D eigenvalue weighted by Gasteiger charge is 2.16. The van der Waals surface area contributed by atoms with Gasteiger partial charge in [-0.3, -0.25) is 0 Å². The van der Waals surface area contributed by atoms with Crippen molar-refractivity contribution in [2.75, 3.05) is 23.9 Å². The lowest BCUT2D eigenvalue weighted by Crippen LogP contribution is -2.27. The molecular weight excluding hydrogens is 381 g/mol. The first kappa shape index (κ1) is 18.4. The summed E-state index contributed by atoms with van der Waals surface area (Å²) in [5, 5.41) is 7.04. The Balaban J connectivity index is 1.63. The number of aromatic amines is 1. The van der Waals surface area contributed by atoms with E-state index in [1.54, 1.807) is 6.33 Å². The van der Waals surface area contributed by atoms with Gasteiger partial charge in [-0.2, -0.15) is 9.97 Å². The summed E-state index contributed by atoms with van der Waals surface area (Å²) in [7, 11) is 0. The van der Waals surface area contributed by atoms with Crippen molar-refractivity contribution in [1.29, 1.82) is 0 Å². The van der Waals surface area contributed by atoms with E-state index in [-0.39, 0.29) is 12.1 Å². The quantitative estimate of drug-likeness (QED) is 0.444. The second-order valence-electron chi connectivity index (χ2n) is 7.20. The van der Waals surface area contributed by atoms with Gasteiger partial charge in [-0.05, 0) is 39.0 Å². The van der Waals surface area contributed by atoms with Crippen molar-refractivity contribution in [1.82, 2.24) is 24.9 Å². The fraction of sp³-hybridized carbons (Fsp3) is 0.333. The maximum atomic E-state index is 12.3. The first-order valence-electron chi connectivity index (χ1n) is 8.77. The predicted octanol–water partition coefficient (Wildman–Crippen LogP) is 4.26. The van der Waals surface area contributed by atoms with Crippen LogP contribution in [-0.4, -0.2) is 43.7 Å². The lowest BCUT2D eigenvalue weighted by atomic mass is 10.1. The van der Waals surface area contributed by atoms with E-state index in [1.165, 1.54) is 11.3 Å². The van der Waals surface area contributed by atoms with Gasteiger partial charge in [-0.25, -0.2) is 14.4 Å². The zero-order valence-electron chi connectivity index (χ0n) is 15.7. The van der Waals surface area contributed by atoms with Crippen LogP contribution in [0.5, 0.6) is 5.19 Å². The molecule has 4 rings (SSSR count). The van der Waals surface area contributed by atoms with Crippen LogP contribution in [0.15, 0.2) is 24.5 Å². The summed E-state index contributed by atoms with van der Waals surface area (Å²) in [5.74, 6) is 1.11. The van der Waals surface area contributed by atoms with Gasteiger partial charge in [0.05, 0.1) is 16.5 Å². The Bertz CT molecular complexity index is 1120. The summed E-state index contributed by atoms with van der Waals surface area (Å²) < 4.78 is 18.5. The molecule has 0 unspecified atom stereocenters. The average molecular weight is 401 g/mol. The number of halogens is 1. The van der Waals surface area contributed by atoms with Crippen LogP contribution in [0.25, 0.3) is 21.4 Å². The fourth-order valence-corrected chi connectivity index (χ4v) is 3.51. The maximum Gasteiger partial charge on any atom is 0.274 e. The molecular formula is C18H20FN7OS. The van der Waals surface area contributed by atoms with Crippen LogP contribution in [-0.2, 0) is 0 Å². The van der Waals surface area contributed by atoms with E-state index in [0.717, 1.165) is 21.4 Å². The molecule has 28 heavy (non-hydrogen) atoms. The van der Waals surface area contributed by atoms with Crippen LogP contribution >= 0.6 is 11.3 Å². The average Bonchev–Trinajstić information content (AvgIpc) is 3.24. The lowest BCUT2D eigenvalue weighted by Gasteiger charge is -2.21. The zero-order valence-corrected chi connectivity index (χ0v) is 16.5. The van der Waals surface area contributed by atoms with Crippen LogP contribution in [0.3, 0.4) is 0 Å². The zero-order chi connectivity index (χ0) is 19.7. The number of benzene rings is 1. The van der Waals surface area contributed by atoms with Gasteiger partial charge in [0.15, 0.2) is 11.5 Å². The molecule has 0 aliphatic rings. The molecule has 4 aromatic rings. The second kappa shape index (κ2) is 7.19. The minimum Gasteiger partial charge on any atom is -0.467 e. The third-order valence-electron chi connectivity index (χ3n) is 3.71. The number of rotatable bonds is 6. The van der Waals surface area contributed by atoms with Crippen molar-refractivity contribution in [2.24, 2.45) is 0 Å². The number of H-pyrrole nitrogens is 1. The molecule has 0 fully saturated rings. The number of imidazole rings is 1. The van der Waals surface area contributed by atoms with Gasteiger partial charge < -0.3 is 20.4 Å². The standard InChI is InChI=1S/C18H20FN7OS/c1-18(2,3)26-15-13-14(21-9-20-13)24-16(25-15)22-10-4-5-11-12(8-10)28-17(23-11)27-7-6-19/h4-5,8-9H,6-7H2,1-3H3,(H3,20,21,22,24,25,26). The van der Waals surface area contributed by atoms with Gasteiger partial charge in [-0.1, -0.05) is 11.3 Å². The van der Waals surface area contributed by atoms with Crippen LogP contribution in [0.2, 0.25) is 0 Å². The van der Waals surface area contributed by atoms with E-state index in [4.69, 9.17) is 4.74 Å². The summed E-state index contributed by atoms with van der Waals surface area (Å²) in [6.45, 7) is 5.65. The number of hydrogen-bond donors (Lipinski definition) is 3. The lowest BCUT2D eigenvalue weighted by molar-refractivity contribution is 0.272. The van der Waals surface area contributed by atoms with Crippen LogP contribution in [0, 0.1) is 0 Å². The van der Waals surface area contributed by atoms with E-state index >= 15 is 0 Å². The number of nitrogens with zero attached hydrogens (tertiary/aromatic N) is 4. The minimum absolute atomic E-state index is 0.00595. The smallest absolute Gasteiger partial charge is 0.274 e. The van der Waals surface area contributed by atoms with Crippen molar-refractivity contribution in [3.63, 3.8) is 0 Å². The number of ether oxygens (including phenoxy) is 1. The molecule has 0 spiro atoms. The van der Waals surface area contributed by atoms with E-state index in [1.807, 2.05) is 18.2 Å². The molecule has 146 valence electrons. The number of thiazole rings is 1. The van der Waals surface area contributed by atoms with Gasteiger partial charge >= 0.3 is 0 Å². The number of alkyl halides is 1. The third-order valence-corrected chi connectivity index (χ3v) is 4.64. The Morgan fingerprint density at radius 3 is 2.86 bits per heavy atom. The number of anilines is 3. The predicted molar refractivity (Wildman–Crippen MR) is 109 cm³/mol. The molecule has 8 nitrogen and oxygen atoms in total. The normalized spacial score (nSPS) is 11.9. The molecule has 3 N–H and O–H groups in total. The summed E-state index contributed by atoms with van der Waals surface area (Å²) >= 11 is 1.37. The Hall–Kier alpha value is -3.01. The topological polar surface area (TPSA) is 101 Å². The Morgan fingerprint density at radius 1 is 1.21 bits per heavy atom. The summed E-state index contributed by atoms with van der Waals surface area (Å²) in [6, 6.07) is 5.69.